The van der Waals surface area contributed by atoms with Crippen molar-refractivity contribution in [2.75, 3.05) is 32.8 Å². The van der Waals surface area contributed by atoms with Crippen LogP contribution in [0, 0.1) is 0 Å². The maximum absolute atomic E-state index is 6.01. The lowest BCUT2D eigenvalue weighted by atomic mass is 9.89. The minimum Gasteiger partial charge on any atom is -0.494 e. The normalized spacial score (nSPS) is 18.3. The molecule has 3 heteroatoms. The molecule has 1 aromatic carbocycles. The standard InChI is InChI=1S/C20H34N2O/c1-6-19-18-14-20(23-10-5)17(15-21(7-2)8-3)13-16(18)11-12-22(19)9-4/h13-14,19H,6-12,15H2,1-5H3. The second kappa shape index (κ2) is 8.70. The maximum Gasteiger partial charge on any atom is 0.124 e. The van der Waals surface area contributed by atoms with E-state index in [-0.39, 0.29) is 0 Å². The van der Waals surface area contributed by atoms with Crippen LogP contribution in [-0.2, 0) is 13.0 Å². The second-order valence-electron chi connectivity index (χ2n) is 6.36. The predicted molar refractivity (Wildman–Crippen MR) is 98.2 cm³/mol. The van der Waals surface area contributed by atoms with Crippen LogP contribution in [0.4, 0.5) is 0 Å². The van der Waals surface area contributed by atoms with Gasteiger partial charge in [-0.25, -0.2) is 0 Å². The molecule has 0 radical (unpaired) electrons. The van der Waals surface area contributed by atoms with Crippen molar-refractivity contribution in [1.82, 2.24) is 9.80 Å². The third-order valence-electron chi connectivity index (χ3n) is 5.17. The van der Waals surface area contributed by atoms with Crippen molar-refractivity contribution in [1.29, 1.82) is 0 Å². The molecule has 0 bridgehead atoms. The zero-order valence-electron chi connectivity index (χ0n) is 15.7. The van der Waals surface area contributed by atoms with Crippen molar-refractivity contribution in [3.05, 3.63) is 28.8 Å². The minimum absolute atomic E-state index is 0.547. The lowest BCUT2D eigenvalue weighted by Gasteiger charge is -2.37. The molecule has 1 aromatic rings. The molecule has 0 aliphatic carbocycles. The van der Waals surface area contributed by atoms with Crippen molar-refractivity contribution >= 4 is 0 Å². The molecule has 0 spiro atoms. The third-order valence-corrected chi connectivity index (χ3v) is 5.17. The Labute approximate surface area is 142 Å². The molecule has 130 valence electrons. The van der Waals surface area contributed by atoms with E-state index in [4.69, 9.17) is 4.74 Å². The van der Waals surface area contributed by atoms with Crippen LogP contribution in [0.2, 0.25) is 0 Å². The van der Waals surface area contributed by atoms with E-state index in [2.05, 4.69) is 56.6 Å². The van der Waals surface area contributed by atoms with E-state index >= 15 is 0 Å². The van der Waals surface area contributed by atoms with E-state index in [1.165, 1.54) is 29.7 Å². The summed E-state index contributed by atoms with van der Waals surface area (Å²) in [7, 11) is 0. The Morgan fingerprint density at radius 3 is 2.43 bits per heavy atom. The van der Waals surface area contributed by atoms with E-state index in [1.807, 2.05) is 0 Å². The summed E-state index contributed by atoms with van der Waals surface area (Å²) in [5.41, 5.74) is 4.38. The number of benzene rings is 1. The van der Waals surface area contributed by atoms with Gasteiger partial charge < -0.3 is 4.74 Å². The van der Waals surface area contributed by atoms with Gasteiger partial charge in [-0.15, -0.1) is 0 Å². The van der Waals surface area contributed by atoms with Crippen molar-refractivity contribution in [3.63, 3.8) is 0 Å². The molecule has 1 aliphatic heterocycles. The number of hydrogen-bond donors (Lipinski definition) is 0. The van der Waals surface area contributed by atoms with Gasteiger partial charge in [0.05, 0.1) is 6.61 Å². The highest BCUT2D eigenvalue weighted by Gasteiger charge is 2.26. The molecule has 0 aromatic heterocycles. The Hall–Kier alpha value is -1.06. The fourth-order valence-electron chi connectivity index (χ4n) is 3.79. The number of likely N-dealkylation sites (N-methyl/N-ethyl adjacent to an activating group) is 1. The number of hydrogen-bond acceptors (Lipinski definition) is 3. The van der Waals surface area contributed by atoms with Gasteiger partial charge >= 0.3 is 0 Å². The molecule has 0 saturated heterocycles. The topological polar surface area (TPSA) is 15.7 Å². The van der Waals surface area contributed by atoms with Crippen LogP contribution in [0.5, 0.6) is 5.75 Å². The van der Waals surface area contributed by atoms with Gasteiger partial charge in [-0.05, 0) is 56.6 Å². The first-order valence-corrected chi connectivity index (χ1v) is 9.43. The Kier molecular flexibility index (Phi) is 6.91. The van der Waals surface area contributed by atoms with Crippen molar-refractivity contribution < 1.29 is 4.74 Å². The highest BCUT2D eigenvalue weighted by atomic mass is 16.5. The summed E-state index contributed by atoms with van der Waals surface area (Å²) in [6.07, 6.45) is 2.33. The van der Waals surface area contributed by atoms with Crippen LogP contribution < -0.4 is 4.74 Å². The molecule has 1 aliphatic rings. The molecular formula is C20H34N2O. The Balaban J connectivity index is 2.38. The molecule has 23 heavy (non-hydrogen) atoms. The highest BCUT2D eigenvalue weighted by molar-refractivity contribution is 5.45. The second-order valence-corrected chi connectivity index (χ2v) is 6.36. The molecule has 0 N–H and O–H groups in total. The van der Waals surface area contributed by atoms with Gasteiger partial charge in [-0.2, -0.15) is 0 Å². The van der Waals surface area contributed by atoms with Crippen LogP contribution in [0.25, 0.3) is 0 Å². The van der Waals surface area contributed by atoms with Gasteiger partial charge in [0.1, 0.15) is 5.75 Å². The van der Waals surface area contributed by atoms with E-state index < -0.39 is 0 Å². The molecular weight excluding hydrogens is 284 g/mol. The summed E-state index contributed by atoms with van der Waals surface area (Å²) in [6.45, 7) is 17.3. The lowest BCUT2D eigenvalue weighted by Crippen LogP contribution is -2.35. The Bertz CT molecular complexity index is 497. The predicted octanol–water partition coefficient (Wildman–Crippen LogP) is 4.26. The van der Waals surface area contributed by atoms with Gasteiger partial charge in [-0.3, -0.25) is 9.80 Å². The van der Waals surface area contributed by atoms with E-state index in [0.29, 0.717) is 6.04 Å². The maximum atomic E-state index is 6.01. The fraction of sp³-hybridized carbons (Fsp3) is 0.700. The van der Waals surface area contributed by atoms with E-state index in [9.17, 15) is 0 Å². The molecule has 1 unspecified atom stereocenters. The summed E-state index contributed by atoms with van der Waals surface area (Å²) < 4.78 is 6.01. The number of rotatable bonds is 8. The van der Waals surface area contributed by atoms with E-state index in [1.54, 1.807) is 0 Å². The monoisotopic (exact) mass is 318 g/mol. The van der Waals surface area contributed by atoms with Gasteiger partial charge in [-0.1, -0.05) is 33.8 Å². The molecule has 0 saturated carbocycles. The van der Waals surface area contributed by atoms with Gasteiger partial charge in [0.15, 0.2) is 0 Å². The summed E-state index contributed by atoms with van der Waals surface area (Å²) in [4.78, 5) is 5.06. The highest BCUT2D eigenvalue weighted by Crippen LogP contribution is 2.36. The van der Waals surface area contributed by atoms with Gasteiger partial charge in [0, 0.05) is 24.7 Å². The molecule has 3 nitrogen and oxygen atoms in total. The smallest absolute Gasteiger partial charge is 0.124 e. The average molecular weight is 319 g/mol. The van der Waals surface area contributed by atoms with E-state index in [0.717, 1.165) is 45.0 Å². The quantitative estimate of drug-likeness (QED) is 0.712. The van der Waals surface area contributed by atoms with Crippen molar-refractivity contribution in [3.8, 4) is 5.75 Å². The molecule has 1 heterocycles. The lowest BCUT2D eigenvalue weighted by molar-refractivity contribution is 0.189. The largest absolute Gasteiger partial charge is 0.494 e. The fourth-order valence-corrected chi connectivity index (χ4v) is 3.79. The molecule has 1 atom stereocenters. The number of nitrogens with zero attached hydrogens (tertiary/aromatic N) is 2. The zero-order chi connectivity index (χ0) is 16.8. The first-order valence-electron chi connectivity index (χ1n) is 9.43. The zero-order valence-corrected chi connectivity index (χ0v) is 15.7. The van der Waals surface area contributed by atoms with Crippen molar-refractivity contribution in [2.24, 2.45) is 0 Å². The molecule has 2 rings (SSSR count). The van der Waals surface area contributed by atoms with Crippen LogP contribution in [-0.4, -0.2) is 42.6 Å². The van der Waals surface area contributed by atoms with Crippen molar-refractivity contribution in [2.45, 2.75) is 60.0 Å². The summed E-state index contributed by atoms with van der Waals surface area (Å²) in [5, 5.41) is 0. The summed E-state index contributed by atoms with van der Waals surface area (Å²) in [5.74, 6) is 1.09. The van der Waals surface area contributed by atoms with Gasteiger partial charge in [0.2, 0.25) is 0 Å². The first-order chi connectivity index (χ1) is 11.2. The van der Waals surface area contributed by atoms with Crippen LogP contribution in [0.3, 0.4) is 0 Å². The Morgan fingerprint density at radius 1 is 1.13 bits per heavy atom. The number of ether oxygens (including phenoxy) is 1. The first kappa shape index (κ1) is 18.3. The van der Waals surface area contributed by atoms with Crippen LogP contribution in [0.15, 0.2) is 12.1 Å². The van der Waals surface area contributed by atoms with Crippen LogP contribution >= 0.6 is 0 Å². The van der Waals surface area contributed by atoms with Crippen LogP contribution in [0.1, 0.15) is 63.8 Å². The average Bonchev–Trinajstić information content (AvgIpc) is 2.58. The SMILES string of the molecule is CCOc1cc2c(cc1CN(CC)CC)CCN(CC)C2CC. The summed E-state index contributed by atoms with van der Waals surface area (Å²) >= 11 is 0. The number of fused-ring (bicyclic) bond motifs is 1. The van der Waals surface area contributed by atoms with Gasteiger partial charge in [0.25, 0.3) is 0 Å². The third kappa shape index (κ3) is 4.07. The summed E-state index contributed by atoms with van der Waals surface area (Å²) in [6, 6.07) is 5.31. The minimum atomic E-state index is 0.547. The molecule has 0 fully saturated rings. The Morgan fingerprint density at radius 2 is 1.87 bits per heavy atom. The molecule has 0 amide bonds.